The summed E-state index contributed by atoms with van der Waals surface area (Å²) in [6.07, 6.45) is -0.598. The Morgan fingerprint density at radius 2 is 1.86 bits per heavy atom. The van der Waals surface area contributed by atoms with Gasteiger partial charge in [0.15, 0.2) is 17.3 Å². The van der Waals surface area contributed by atoms with Crippen molar-refractivity contribution in [2.24, 2.45) is 0 Å². The SMILES string of the molecule is CC(=O)O[C@@H]1C[C@@H]2[C@H]([C@@H]3OC(C)(C)O[C@@H]31)N2C(=O)c1cc2c(cc1I)OCO2. The highest BCUT2D eigenvalue weighted by molar-refractivity contribution is 14.1. The van der Waals surface area contributed by atoms with Gasteiger partial charge in [-0.25, -0.2) is 0 Å². The van der Waals surface area contributed by atoms with Gasteiger partial charge < -0.3 is 28.6 Å². The molecule has 150 valence electrons. The fourth-order valence-electron chi connectivity index (χ4n) is 4.51. The summed E-state index contributed by atoms with van der Waals surface area (Å²) in [7, 11) is 0. The van der Waals surface area contributed by atoms with E-state index in [1.165, 1.54) is 6.92 Å². The number of carbonyl (C=O) groups excluding carboxylic acids is 2. The summed E-state index contributed by atoms with van der Waals surface area (Å²) >= 11 is 2.13. The quantitative estimate of drug-likeness (QED) is 0.349. The summed E-state index contributed by atoms with van der Waals surface area (Å²) in [5.41, 5.74) is 0.568. The molecular weight excluding hydrogens is 481 g/mol. The zero-order valence-corrected chi connectivity index (χ0v) is 17.8. The second-order valence-corrected chi connectivity index (χ2v) is 9.07. The Balaban J connectivity index is 1.43. The van der Waals surface area contributed by atoms with Crippen molar-refractivity contribution in [2.45, 2.75) is 63.4 Å². The van der Waals surface area contributed by atoms with Crippen LogP contribution in [0.4, 0.5) is 0 Å². The molecule has 5 atom stereocenters. The Bertz CT molecular complexity index is 872. The predicted octanol–water partition coefficient (Wildman–Crippen LogP) is 2.07. The van der Waals surface area contributed by atoms with E-state index >= 15 is 0 Å². The molecule has 3 heterocycles. The molecule has 0 aromatic heterocycles. The number of halogens is 1. The molecule has 0 N–H and O–H groups in total. The van der Waals surface area contributed by atoms with Gasteiger partial charge in [-0.05, 0) is 48.6 Å². The maximum Gasteiger partial charge on any atom is 0.302 e. The van der Waals surface area contributed by atoms with E-state index in [1.54, 1.807) is 6.07 Å². The number of hydrogen-bond acceptors (Lipinski definition) is 7. The summed E-state index contributed by atoms with van der Waals surface area (Å²) in [6, 6.07) is 3.41. The minimum absolute atomic E-state index is 0.0446. The summed E-state index contributed by atoms with van der Waals surface area (Å²) in [5, 5.41) is 0. The maximum absolute atomic E-state index is 13.3. The monoisotopic (exact) mass is 501 g/mol. The largest absolute Gasteiger partial charge is 0.460 e. The standard InChI is InChI=1S/C19H20INO7/c1-8(22)26-14-6-11-15(17-16(14)27-19(2,3)28-17)21(11)18(23)9-4-12-13(5-10(9)20)25-7-24-12/h4-5,11,14-17H,6-7H2,1-3H3/t11-,14-,15-,16-,17+,21?/m1/s1. The number of rotatable bonds is 2. The topological polar surface area (TPSA) is 83.3 Å². The van der Waals surface area contributed by atoms with E-state index in [-0.39, 0.29) is 43.0 Å². The second kappa shape index (κ2) is 6.20. The van der Waals surface area contributed by atoms with Crippen molar-refractivity contribution in [3.8, 4) is 11.5 Å². The zero-order chi connectivity index (χ0) is 19.8. The Labute approximate surface area is 175 Å². The van der Waals surface area contributed by atoms with Crippen LogP contribution in [0.15, 0.2) is 12.1 Å². The lowest BCUT2D eigenvalue weighted by molar-refractivity contribution is -0.169. The van der Waals surface area contributed by atoms with Gasteiger partial charge >= 0.3 is 5.97 Å². The summed E-state index contributed by atoms with van der Waals surface area (Å²) in [5.74, 6) is -0.0144. The number of hydrogen-bond donors (Lipinski definition) is 0. The lowest BCUT2D eigenvalue weighted by Crippen LogP contribution is -2.46. The van der Waals surface area contributed by atoms with Crippen LogP contribution >= 0.6 is 22.6 Å². The van der Waals surface area contributed by atoms with E-state index in [0.29, 0.717) is 23.5 Å². The van der Waals surface area contributed by atoms with Crippen LogP contribution in [0.2, 0.25) is 0 Å². The highest BCUT2D eigenvalue weighted by Gasteiger charge is 2.67. The molecule has 1 aromatic carbocycles. The molecule has 1 aliphatic carbocycles. The first-order valence-corrected chi connectivity index (χ1v) is 10.3. The summed E-state index contributed by atoms with van der Waals surface area (Å²) < 4.78 is 29.2. The second-order valence-electron chi connectivity index (χ2n) is 7.90. The van der Waals surface area contributed by atoms with Crippen LogP contribution < -0.4 is 9.47 Å². The third-order valence-corrected chi connectivity index (χ3v) is 6.46. The number of ether oxygens (including phenoxy) is 5. The molecule has 0 unspecified atom stereocenters. The van der Waals surface area contributed by atoms with E-state index in [0.717, 1.165) is 3.57 Å². The van der Waals surface area contributed by atoms with Crippen LogP contribution in [0, 0.1) is 3.57 Å². The Morgan fingerprint density at radius 3 is 2.57 bits per heavy atom. The molecule has 8 nitrogen and oxygen atoms in total. The first-order valence-electron chi connectivity index (χ1n) is 9.20. The molecule has 3 aliphatic heterocycles. The summed E-state index contributed by atoms with van der Waals surface area (Å²) in [6.45, 7) is 5.21. The number of amides is 1. The molecule has 1 saturated carbocycles. The average Bonchev–Trinajstić information content (AvgIpc) is 2.96. The normalized spacial score (nSPS) is 33.9. The van der Waals surface area contributed by atoms with Gasteiger partial charge in [0.1, 0.15) is 18.3 Å². The molecule has 2 saturated heterocycles. The van der Waals surface area contributed by atoms with Gasteiger partial charge in [0, 0.05) is 16.9 Å². The molecule has 0 spiro atoms. The fraction of sp³-hybridized carbons (Fsp3) is 0.579. The number of benzene rings is 1. The van der Waals surface area contributed by atoms with Crippen LogP contribution in [-0.4, -0.2) is 59.8 Å². The average molecular weight is 501 g/mol. The van der Waals surface area contributed by atoms with Crippen LogP contribution in [0.5, 0.6) is 11.5 Å². The Morgan fingerprint density at radius 1 is 1.18 bits per heavy atom. The highest BCUT2D eigenvalue weighted by atomic mass is 127. The molecule has 1 amide bonds. The predicted molar refractivity (Wildman–Crippen MR) is 103 cm³/mol. The van der Waals surface area contributed by atoms with Crippen molar-refractivity contribution in [1.29, 1.82) is 0 Å². The molecule has 9 heteroatoms. The zero-order valence-electron chi connectivity index (χ0n) is 15.6. The van der Waals surface area contributed by atoms with Crippen molar-refractivity contribution < 1.29 is 33.3 Å². The first kappa shape index (κ1) is 18.4. The van der Waals surface area contributed by atoms with E-state index < -0.39 is 11.9 Å². The van der Waals surface area contributed by atoms with Gasteiger partial charge in [-0.3, -0.25) is 9.59 Å². The van der Waals surface area contributed by atoms with Gasteiger partial charge in [0.25, 0.3) is 5.91 Å². The van der Waals surface area contributed by atoms with Crippen LogP contribution in [-0.2, 0) is 19.0 Å². The molecule has 3 fully saturated rings. The van der Waals surface area contributed by atoms with Crippen molar-refractivity contribution in [3.05, 3.63) is 21.3 Å². The van der Waals surface area contributed by atoms with Crippen molar-refractivity contribution in [3.63, 3.8) is 0 Å². The lowest BCUT2D eigenvalue weighted by atomic mass is 9.92. The minimum Gasteiger partial charge on any atom is -0.460 e. The van der Waals surface area contributed by atoms with Crippen LogP contribution in [0.1, 0.15) is 37.6 Å². The van der Waals surface area contributed by atoms with E-state index in [1.807, 2.05) is 24.8 Å². The lowest BCUT2D eigenvalue weighted by Gasteiger charge is -2.28. The van der Waals surface area contributed by atoms with Crippen LogP contribution in [0.25, 0.3) is 0 Å². The Kier molecular flexibility index (Phi) is 4.08. The number of nitrogens with zero attached hydrogens (tertiary/aromatic N) is 1. The summed E-state index contributed by atoms with van der Waals surface area (Å²) in [4.78, 5) is 26.7. The molecule has 4 aliphatic rings. The van der Waals surface area contributed by atoms with Crippen molar-refractivity contribution in [2.75, 3.05) is 6.79 Å². The minimum atomic E-state index is -0.785. The van der Waals surface area contributed by atoms with E-state index in [9.17, 15) is 9.59 Å². The third-order valence-electron chi connectivity index (χ3n) is 5.57. The van der Waals surface area contributed by atoms with E-state index in [4.69, 9.17) is 23.7 Å². The number of fused-ring (bicyclic) bond motifs is 4. The molecule has 0 bridgehead atoms. The first-order chi connectivity index (χ1) is 13.2. The number of likely N-dealkylation sites (tertiary alicyclic amines) is 1. The Hall–Kier alpha value is -1.59. The number of esters is 1. The van der Waals surface area contributed by atoms with Gasteiger partial charge in [0.05, 0.1) is 17.6 Å². The van der Waals surface area contributed by atoms with Crippen LogP contribution in [0.3, 0.4) is 0 Å². The smallest absolute Gasteiger partial charge is 0.302 e. The highest BCUT2D eigenvalue weighted by Crippen LogP contribution is 2.50. The van der Waals surface area contributed by atoms with Crippen molar-refractivity contribution >= 4 is 34.5 Å². The molecular formula is C19H20INO7. The fourth-order valence-corrected chi connectivity index (χ4v) is 5.18. The third kappa shape index (κ3) is 2.86. The van der Waals surface area contributed by atoms with E-state index in [2.05, 4.69) is 22.6 Å². The molecule has 1 aromatic rings. The maximum atomic E-state index is 13.3. The van der Waals surface area contributed by atoms with Gasteiger partial charge in [0.2, 0.25) is 6.79 Å². The molecule has 0 radical (unpaired) electrons. The van der Waals surface area contributed by atoms with Gasteiger partial charge in [-0.15, -0.1) is 0 Å². The van der Waals surface area contributed by atoms with Gasteiger partial charge in [-0.2, -0.15) is 0 Å². The van der Waals surface area contributed by atoms with Crippen molar-refractivity contribution in [1.82, 2.24) is 4.90 Å². The number of carbonyl (C=O) groups is 2. The molecule has 28 heavy (non-hydrogen) atoms. The molecule has 5 rings (SSSR count). The van der Waals surface area contributed by atoms with Gasteiger partial charge in [-0.1, -0.05) is 0 Å².